The van der Waals surface area contributed by atoms with Crippen molar-refractivity contribution in [1.82, 2.24) is 14.9 Å². The van der Waals surface area contributed by atoms with E-state index in [1.807, 2.05) is 18.2 Å². The fourth-order valence-corrected chi connectivity index (χ4v) is 2.44. The maximum atomic E-state index is 5.65. The number of ether oxygens (including phenoxy) is 1. The standard InChI is InChI=1S/C14H16N4OS/c1-10-5-2-3-6-11(10)9-15-18-13(16-17-14(18)20)12-7-4-8-19-12/h2-3,5-6,9,12H,4,7-8H2,1H3,(H,17,20)/b15-9-/t12-/m0/s1. The molecule has 3 rings (SSSR count). The molecule has 0 bridgehead atoms. The maximum absolute atomic E-state index is 5.65. The van der Waals surface area contributed by atoms with Gasteiger partial charge in [-0.15, -0.1) is 0 Å². The lowest BCUT2D eigenvalue weighted by Crippen LogP contribution is -2.05. The van der Waals surface area contributed by atoms with Crippen LogP contribution in [0.5, 0.6) is 0 Å². The summed E-state index contributed by atoms with van der Waals surface area (Å²) in [6, 6.07) is 8.07. The van der Waals surface area contributed by atoms with E-state index in [1.165, 1.54) is 5.56 Å². The average molecular weight is 288 g/mol. The quantitative estimate of drug-likeness (QED) is 0.698. The molecule has 0 unspecified atom stereocenters. The topological polar surface area (TPSA) is 55.2 Å². The summed E-state index contributed by atoms with van der Waals surface area (Å²) in [4.78, 5) is 0. The smallest absolute Gasteiger partial charge is 0.216 e. The molecule has 6 heteroatoms. The van der Waals surface area contributed by atoms with Gasteiger partial charge >= 0.3 is 0 Å². The molecule has 1 aromatic carbocycles. The molecule has 1 N–H and O–H groups in total. The summed E-state index contributed by atoms with van der Waals surface area (Å²) >= 11 is 5.23. The van der Waals surface area contributed by atoms with Crippen LogP contribution in [0.2, 0.25) is 0 Å². The van der Waals surface area contributed by atoms with Gasteiger partial charge in [-0.2, -0.15) is 14.9 Å². The minimum atomic E-state index is -0.0167. The largest absolute Gasteiger partial charge is 0.370 e. The number of hydrogen-bond acceptors (Lipinski definition) is 4. The van der Waals surface area contributed by atoms with Crippen LogP contribution in [0, 0.1) is 11.7 Å². The molecule has 5 nitrogen and oxygen atoms in total. The SMILES string of the molecule is Cc1ccccc1/C=N\n1c([C@@H]2CCCO2)n[nH]c1=S. The zero-order valence-corrected chi connectivity index (χ0v) is 12.1. The van der Waals surface area contributed by atoms with E-state index in [1.54, 1.807) is 10.9 Å². The summed E-state index contributed by atoms with van der Waals surface area (Å²) in [5, 5.41) is 11.5. The first-order chi connectivity index (χ1) is 9.75. The lowest BCUT2D eigenvalue weighted by atomic mass is 10.1. The Morgan fingerprint density at radius 2 is 2.35 bits per heavy atom. The Kier molecular flexibility index (Phi) is 3.75. The molecule has 0 spiro atoms. The molecule has 104 valence electrons. The van der Waals surface area contributed by atoms with Gasteiger partial charge < -0.3 is 4.74 Å². The molecule has 0 saturated carbocycles. The summed E-state index contributed by atoms with van der Waals surface area (Å²) in [7, 11) is 0. The molecule has 0 amide bonds. The molecule has 1 aliphatic heterocycles. The van der Waals surface area contributed by atoms with Crippen LogP contribution in [-0.2, 0) is 4.74 Å². The number of rotatable bonds is 3. The van der Waals surface area contributed by atoms with Crippen molar-refractivity contribution >= 4 is 18.4 Å². The van der Waals surface area contributed by atoms with Crippen LogP contribution < -0.4 is 0 Å². The van der Waals surface area contributed by atoms with E-state index in [4.69, 9.17) is 17.0 Å². The number of nitrogens with zero attached hydrogens (tertiary/aromatic N) is 3. The third-order valence-electron chi connectivity index (χ3n) is 3.39. The summed E-state index contributed by atoms with van der Waals surface area (Å²) in [6.07, 6.45) is 3.79. The summed E-state index contributed by atoms with van der Waals surface area (Å²) in [6.45, 7) is 2.82. The second-order valence-corrected chi connectivity index (χ2v) is 5.19. The molecule has 20 heavy (non-hydrogen) atoms. The van der Waals surface area contributed by atoms with Gasteiger partial charge in [0.15, 0.2) is 5.82 Å². The average Bonchev–Trinajstić information content (AvgIpc) is 3.08. The van der Waals surface area contributed by atoms with Gasteiger partial charge in [-0.1, -0.05) is 24.3 Å². The number of H-pyrrole nitrogens is 1. The van der Waals surface area contributed by atoms with Crippen LogP contribution in [0.4, 0.5) is 0 Å². The Bertz CT molecular complexity index is 682. The second kappa shape index (κ2) is 5.68. The second-order valence-electron chi connectivity index (χ2n) is 4.80. The van der Waals surface area contributed by atoms with Crippen molar-refractivity contribution in [2.45, 2.75) is 25.9 Å². The molecular weight excluding hydrogens is 272 g/mol. The molecule has 2 aromatic rings. The monoisotopic (exact) mass is 288 g/mol. The summed E-state index contributed by atoms with van der Waals surface area (Å²) in [5.41, 5.74) is 2.24. The van der Waals surface area contributed by atoms with Crippen molar-refractivity contribution < 1.29 is 4.74 Å². The number of benzene rings is 1. The van der Waals surface area contributed by atoms with E-state index in [2.05, 4.69) is 28.3 Å². The first-order valence-corrected chi connectivity index (χ1v) is 7.05. The van der Waals surface area contributed by atoms with Crippen molar-refractivity contribution in [3.63, 3.8) is 0 Å². The number of hydrogen-bond donors (Lipinski definition) is 1. The minimum absolute atomic E-state index is 0.0167. The van der Waals surface area contributed by atoms with Crippen LogP contribution >= 0.6 is 12.2 Å². The normalized spacial score (nSPS) is 18.9. The predicted molar refractivity (Wildman–Crippen MR) is 79.5 cm³/mol. The third-order valence-corrected chi connectivity index (χ3v) is 3.66. The highest BCUT2D eigenvalue weighted by molar-refractivity contribution is 7.71. The van der Waals surface area contributed by atoms with E-state index >= 15 is 0 Å². The highest BCUT2D eigenvalue weighted by atomic mass is 32.1. The van der Waals surface area contributed by atoms with Gasteiger partial charge in [-0.05, 0) is 43.1 Å². The Balaban J connectivity index is 1.93. The van der Waals surface area contributed by atoms with Gasteiger partial charge in [0.2, 0.25) is 4.77 Å². The lowest BCUT2D eigenvalue weighted by molar-refractivity contribution is 0.102. The minimum Gasteiger partial charge on any atom is -0.370 e. The van der Waals surface area contributed by atoms with Gasteiger partial charge in [0.05, 0.1) is 6.21 Å². The Morgan fingerprint density at radius 1 is 1.50 bits per heavy atom. The van der Waals surface area contributed by atoms with E-state index in [9.17, 15) is 0 Å². The zero-order chi connectivity index (χ0) is 13.9. The van der Waals surface area contributed by atoms with E-state index < -0.39 is 0 Å². The first kappa shape index (κ1) is 13.2. The summed E-state index contributed by atoms with van der Waals surface area (Å²) < 4.78 is 7.78. The molecule has 0 aliphatic carbocycles. The van der Waals surface area contributed by atoms with E-state index in [0.717, 1.165) is 30.8 Å². The molecule has 1 atom stereocenters. The van der Waals surface area contributed by atoms with Crippen LogP contribution in [0.1, 0.15) is 35.9 Å². The molecule has 1 aromatic heterocycles. The highest BCUT2D eigenvalue weighted by Gasteiger charge is 2.23. The summed E-state index contributed by atoms with van der Waals surface area (Å²) in [5.74, 6) is 0.748. The van der Waals surface area contributed by atoms with Gasteiger partial charge in [-0.25, -0.2) is 0 Å². The van der Waals surface area contributed by atoms with Crippen LogP contribution in [0.15, 0.2) is 29.4 Å². The van der Waals surface area contributed by atoms with E-state index in [0.29, 0.717) is 4.77 Å². The molecule has 0 radical (unpaired) electrons. The van der Waals surface area contributed by atoms with Gasteiger partial charge in [0.25, 0.3) is 0 Å². The van der Waals surface area contributed by atoms with Crippen LogP contribution in [-0.4, -0.2) is 27.7 Å². The zero-order valence-electron chi connectivity index (χ0n) is 11.2. The lowest BCUT2D eigenvalue weighted by Gasteiger charge is -2.07. The molecule has 1 aliphatic rings. The van der Waals surface area contributed by atoms with Crippen molar-refractivity contribution in [2.75, 3.05) is 6.61 Å². The van der Waals surface area contributed by atoms with Crippen molar-refractivity contribution in [3.05, 3.63) is 46.0 Å². The number of aromatic amines is 1. The fourth-order valence-electron chi connectivity index (χ4n) is 2.26. The van der Waals surface area contributed by atoms with Crippen molar-refractivity contribution in [2.24, 2.45) is 5.10 Å². The van der Waals surface area contributed by atoms with E-state index in [-0.39, 0.29) is 6.10 Å². The Morgan fingerprint density at radius 3 is 3.10 bits per heavy atom. The fraction of sp³-hybridized carbons (Fsp3) is 0.357. The molecule has 1 fully saturated rings. The molecule has 2 heterocycles. The Hall–Kier alpha value is -1.79. The number of aromatic nitrogens is 3. The van der Waals surface area contributed by atoms with Crippen molar-refractivity contribution in [3.8, 4) is 0 Å². The first-order valence-electron chi connectivity index (χ1n) is 6.64. The molecular formula is C14H16N4OS. The van der Waals surface area contributed by atoms with Gasteiger partial charge in [-0.3, -0.25) is 5.10 Å². The van der Waals surface area contributed by atoms with Gasteiger partial charge in [0, 0.05) is 6.61 Å². The van der Waals surface area contributed by atoms with Crippen LogP contribution in [0.3, 0.4) is 0 Å². The highest BCUT2D eigenvalue weighted by Crippen LogP contribution is 2.26. The third kappa shape index (κ3) is 2.57. The number of aryl methyl sites for hydroxylation is 1. The van der Waals surface area contributed by atoms with Crippen LogP contribution in [0.25, 0.3) is 0 Å². The predicted octanol–water partition coefficient (Wildman–Crippen LogP) is 2.98. The van der Waals surface area contributed by atoms with Gasteiger partial charge in [0.1, 0.15) is 6.10 Å². The maximum Gasteiger partial charge on any atom is 0.216 e. The number of nitrogens with one attached hydrogen (secondary N) is 1. The molecule has 1 saturated heterocycles. The van der Waals surface area contributed by atoms with Crippen molar-refractivity contribution in [1.29, 1.82) is 0 Å². The Labute approximate surface area is 122 Å².